The van der Waals surface area contributed by atoms with Crippen LogP contribution >= 0.6 is 34.8 Å². The zero-order valence-electron chi connectivity index (χ0n) is 20.5. The van der Waals surface area contributed by atoms with E-state index in [1.165, 1.54) is 36.9 Å². The van der Waals surface area contributed by atoms with Gasteiger partial charge in [0.15, 0.2) is 0 Å². The minimum absolute atomic E-state index is 0.0345. The number of hydrogen-bond acceptors (Lipinski definition) is 4. The summed E-state index contributed by atoms with van der Waals surface area (Å²) in [6.07, 6.45) is 7.63. The van der Waals surface area contributed by atoms with Gasteiger partial charge in [0.25, 0.3) is 0 Å². The number of rotatable bonds is 4. The Labute approximate surface area is 223 Å². The van der Waals surface area contributed by atoms with Crippen LogP contribution in [0, 0.1) is 23.2 Å². The SMILES string of the molecule is CC1N(CC2CC2)CC2Cc3ccc(O)cc3C23C2CCC13CCC2N(C)C(=O)OCC(Cl)(Cl)Cl. The molecule has 1 saturated heterocycles. The highest BCUT2D eigenvalue weighted by atomic mass is 35.6. The number of phenolic OH excluding ortho intramolecular Hbond substituents is 1. The van der Waals surface area contributed by atoms with Gasteiger partial charge < -0.3 is 14.7 Å². The van der Waals surface area contributed by atoms with Gasteiger partial charge in [-0.2, -0.15) is 0 Å². The number of fused-ring (bicyclic) bond motifs is 1. The summed E-state index contributed by atoms with van der Waals surface area (Å²) in [5.41, 5.74) is 2.85. The molecule has 1 spiro atoms. The molecule has 1 heterocycles. The number of halogens is 3. The average molecular weight is 542 g/mol. The maximum atomic E-state index is 13.0. The highest BCUT2D eigenvalue weighted by Crippen LogP contribution is 2.74. The lowest BCUT2D eigenvalue weighted by atomic mass is 9.45. The van der Waals surface area contributed by atoms with Crippen LogP contribution in [0.3, 0.4) is 0 Å². The summed E-state index contributed by atoms with van der Waals surface area (Å²) < 4.78 is 3.77. The van der Waals surface area contributed by atoms with Gasteiger partial charge in [-0.25, -0.2) is 4.79 Å². The number of phenols is 1. The maximum Gasteiger partial charge on any atom is 0.409 e. The fraction of sp³-hybridized carbons (Fsp3) is 0.741. The first kappa shape index (κ1) is 24.5. The van der Waals surface area contributed by atoms with Gasteiger partial charge in [0.05, 0.1) is 0 Å². The standard InChI is InChI=1S/C27H35Cl3N2O3/c1-16-25-9-7-21(23(8-10-25)31(2)24(34)35-15-26(28,29)30)27(25)19(14-32(16)13-17-3-4-17)11-18-5-6-20(33)12-22(18)27/h5-6,12,16-17,19,21,23,33H,3-4,7-11,13-15H2,1-2H3. The van der Waals surface area contributed by atoms with E-state index in [9.17, 15) is 9.90 Å². The molecular formula is C27H35Cl3N2O3. The predicted octanol–water partition coefficient (Wildman–Crippen LogP) is 5.91. The molecule has 5 nitrogen and oxygen atoms in total. The van der Waals surface area contributed by atoms with E-state index >= 15 is 0 Å². The number of alkyl halides is 3. The van der Waals surface area contributed by atoms with Crippen LogP contribution in [0.5, 0.6) is 5.75 Å². The molecule has 6 rings (SSSR count). The van der Waals surface area contributed by atoms with Gasteiger partial charge in [0.2, 0.25) is 3.79 Å². The number of aromatic hydroxyl groups is 1. The molecule has 1 aromatic carbocycles. The van der Waals surface area contributed by atoms with Crippen molar-refractivity contribution in [1.82, 2.24) is 9.80 Å². The molecule has 1 N–H and O–H groups in total. The molecule has 1 amide bonds. The number of carbonyl (C=O) groups is 1. The molecule has 4 fully saturated rings. The van der Waals surface area contributed by atoms with Crippen LogP contribution in [0.15, 0.2) is 18.2 Å². The Morgan fingerprint density at radius 2 is 1.97 bits per heavy atom. The fourth-order valence-corrected chi connectivity index (χ4v) is 9.24. The van der Waals surface area contributed by atoms with E-state index < -0.39 is 9.89 Å². The number of benzene rings is 1. The second-order valence-electron chi connectivity index (χ2n) is 11.9. The van der Waals surface area contributed by atoms with Crippen LogP contribution in [-0.2, 0) is 16.6 Å². The largest absolute Gasteiger partial charge is 0.508 e. The quantitative estimate of drug-likeness (QED) is 0.481. The van der Waals surface area contributed by atoms with E-state index in [0.29, 0.717) is 23.6 Å². The topological polar surface area (TPSA) is 53.0 Å². The van der Waals surface area contributed by atoms with Gasteiger partial charge in [-0.3, -0.25) is 4.90 Å². The van der Waals surface area contributed by atoms with Crippen molar-refractivity contribution in [3.8, 4) is 5.75 Å². The zero-order chi connectivity index (χ0) is 24.8. The summed E-state index contributed by atoms with van der Waals surface area (Å²) in [6.45, 7) is 4.51. The number of hydrogen-bond donors (Lipinski definition) is 1. The maximum absolute atomic E-state index is 13.0. The Balaban J connectivity index is 1.39. The number of ether oxygens (including phenoxy) is 1. The van der Waals surface area contributed by atoms with Crippen LogP contribution in [0.25, 0.3) is 0 Å². The molecule has 2 bridgehead atoms. The Morgan fingerprint density at radius 3 is 2.69 bits per heavy atom. The number of nitrogens with zero attached hydrogens (tertiary/aromatic N) is 2. The number of carbonyl (C=O) groups excluding carboxylic acids is 1. The summed E-state index contributed by atoms with van der Waals surface area (Å²) in [5.74, 6) is 2.02. The van der Waals surface area contributed by atoms with Crippen LogP contribution in [0.4, 0.5) is 4.79 Å². The van der Waals surface area contributed by atoms with Crippen LogP contribution < -0.4 is 0 Å². The van der Waals surface area contributed by atoms with Crippen molar-refractivity contribution >= 4 is 40.9 Å². The summed E-state index contributed by atoms with van der Waals surface area (Å²) in [7, 11) is 1.84. The lowest BCUT2D eigenvalue weighted by Crippen LogP contribution is -2.69. The smallest absolute Gasteiger partial charge is 0.409 e. The Kier molecular flexibility index (Phi) is 5.81. The Morgan fingerprint density at radius 1 is 1.23 bits per heavy atom. The van der Waals surface area contributed by atoms with E-state index in [2.05, 4.69) is 24.0 Å². The third-order valence-electron chi connectivity index (χ3n) is 10.4. The van der Waals surface area contributed by atoms with Crippen LogP contribution in [-0.4, -0.2) is 63.6 Å². The first-order chi connectivity index (χ1) is 16.6. The van der Waals surface area contributed by atoms with Crippen molar-refractivity contribution < 1.29 is 14.6 Å². The van der Waals surface area contributed by atoms with Gasteiger partial charge in [-0.05, 0) is 98.3 Å². The molecule has 0 radical (unpaired) electrons. The molecule has 0 aromatic heterocycles. The van der Waals surface area contributed by atoms with Crippen molar-refractivity contribution in [3.05, 3.63) is 29.3 Å². The number of piperidine rings is 1. The highest BCUT2D eigenvalue weighted by molar-refractivity contribution is 6.67. The summed E-state index contributed by atoms with van der Waals surface area (Å²) in [4.78, 5) is 17.6. The van der Waals surface area contributed by atoms with E-state index in [-0.39, 0.29) is 23.5 Å². The van der Waals surface area contributed by atoms with Crippen LogP contribution in [0.2, 0.25) is 0 Å². The lowest BCUT2D eigenvalue weighted by molar-refractivity contribution is -0.117. The van der Waals surface area contributed by atoms with E-state index in [1.807, 2.05) is 13.1 Å². The molecule has 3 saturated carbocycles. The molecule has 5 aliphatic rings. The second kappa shape index (κ2) is 8.31. The first-order valence-electron chi connectivity index (χ1n) is 13.1. The predicted molar refractivity (Wildman–Crippen MR) is 138 cm³/mol. The summed E-state index contributed by atoms with van der Waals surface area (Å²) >= 11 is 17.5. The second-order valence-corrected chi connectivity index (χ2v) is 14.4. The van der Waals surface area contributed by atoms with Crippen LogP contribution in [0.1, 0.15) is 56.6 Å². The molecule has 1 aliphatic heterocycles. The van der Waals surface area contributed by atoms with Crippen molar-refractivity contribution in [2.24, 2.45) is 23.2 Å². The molecule has 4 aliphatic carbocycles. The van der Waals surface area contributed by atoms with Gasteiger partial charge in [-0.15, -0.1) is 0 Å². The third-order valence-corrected chi connectivity index (χ3v) is 10.8. The van der Waals surface area contributed by atoms with E-state index in [0.717, 1.165) is 38.1 Å². The van der Waals surface area contributed by atoms with Crippen molar-refractivity contribution in [3.63, 3.8) is 0 Å². The molecule has 192 valence electrons. The minimum Gasteiger partial charge on any atom is -0.508 e. The third kappa shape index (κ3) is 3.62. The molecular weight excluding hydrogens is 507 g/mol. The average Bonchev–Trinajstić information content (AvgIpc) is 3.53. The fourth-order valence-electron chi connectivity index (χ4n) is 9.07. The van der Waals surface area contributed by atoms with E-state index in [1.54, 1.807) is 4.90 Å². The van der Waals surface area contributed by atoms with Gasteiger partial charge in [-0.1, -0.05) is 40.9 Å². The minimum atomic E-state index is -1.62. The van der Waals surface area contributed by atoms with Gasteiger partial charge >= 0.3 is 6.09 Å². The zero-order valence-corrected chi connectivity index (χ0v) is 22.7. The molecule has 8 heteroatoms. The summed E-state index contributed by atoms with van der Waals surface area (Å²) in [6, 6.07) is 6.58. The Bertz CT molecular complexity index is 1030. The van der Waals surface area contributed by atoms with Crippen molar-refractivity contribution in [1.29, 1.82) is 0 Å². The van der Waals surface area contributed by atoms with Crippen molar-refractivity contribution in [2.45, 2.75) is 73.2 Å². The monoisotopic (exact) mass is 540 g/mol. The highest BCUT2D eigenvalue weighted by Gasteiger charge is 2.74. The lowest BCUT2D eigenvalue weighted by Gasteiger charge is -2.65. The Hall–Kier alpha value is -0.880. The summed E-state index contributed by atoms with van der Waals surface area (Å²) in [5, 5.41) is 10.6. The number of likely N-dealkylation sites (tertiary alicyclic amines) is 1. The first-order valence-corrected chi connectivity index (χ1v) is 14.2. The normalized spacial score (nSPS) is 38.0. The molecule has 6 atom stereocenters. The molecule has 1 aromatic rings. The molecule has 6 unspecified atom stereocenters. The van der Waals surface area contributed by atoms with Gasteiger partial charge in [0.1, 0.15) is 12.4 Å². The molecule has 35 heavy (non-hydrogen) atoms. The van der Waals surface area contributed by atoms with Crippen molar-refractivity contribution in [2.75, 3.05) is 26.7 Å². The number of amides is 1. The van der Waals surface area contributed by atoms with E-state index in [4.69, 9.17) is 39.5 Å². The van der Waals surface area contributed by atoms with Gasteiger partial charge in [0, 0.05) is 37.6 Å².